The van der Waals surface area contributed by atoms with E-state index in [-0.39, 0.29) is 5.60 Å². The van der Waals surface area contributed by atoms with Gasteiger partial charge in [0.25, 0.3) is 0 Å². The highest BCUT2D eigenvalue weighted by atomic mass is 32.2. The highest BCUT2D eigenvalue weighted by molar-refractivity contribution is 8.00. The molecule has 1 rings (SSSR count). The molecular formula is C8H15NOS. The first-order valence-corrected chi connectivity index (χ1v) is 4.85. The highest BCUT2D eigenvalue weighted by Crippen LogP contribution is 2.32. The van der Waals surface area contributed by atoms with E-state index >= 15 is 0 Å². The van der Waals surface area contributed by atoms with Crippen molar-refractivity contribution < 1.29 is 4.74 Å². The smallest absolute Gasteiger partial charge is 0.101 e. The van der Waals surface area contributed by atoms with Crippen molar-refractivity contribution in [2.45, 2.75) is 24.9 Å². The van der Waals surface area contributed by atoms with Crippen molar-refractivity contribution >= 4 is 11.8 Å². The maximum Gasteiger partial charge on any atom is 0.101 e. The molecule has 0 aliphatic carbocycles. The van der Waals surface area contributed by atoms with Crippen molar-refractivity contribution in [1.29, 1.82) is 0 Å². The molecule has 0 amide bonds. The molecule has 0 saturated carbocycles. The van der Waals surface area contributed by atoms with Gasteiger partial charge in [-0.15, -0.1) is 11.8 Å². The number of rotatable bonds is 3. The lowest BCUT2D eigenvalue weighted by Crippen LogP contribution is -2.38. The van der Waals surface area contributed by atoms with Crippen molar-refractivity contribution in [2.24, 2.45) is 0 Å². The van der Waals surface area contributed by atoms with E-state index in [0.29, 0.717) is 5.44 Å². The third-order valence-electron chi connectivity index (χ3n) is 1.69. The Balaban J connectivity index is 2.35. The third-order valence-corrected chi connectivity index (χ3v) is 3.04. The highest BCUT2D eigenvalue weighted by Gasteiger charge is 2.33. The molecule has 1 aliphatic rings. The molecule has 1 fully saturated rings. The summed E-state index contributed by atoms with van der Waals surface area (Å²) in [6.45, 7) is 8.67. The minimum absolute atomic E-state index is 0.00171. The van der Waals surface area contributed by atoms with Crippen LogP contribution in [0.25, 0.3) is 0 Å². The number of nitrogens with one attached hydrogen (secondary N) is 1. The largest absolute Gasteiger partial charge is 0.388 e. The number of hydrogen-bond acceptors (Lipinski definition) is 3. The van der Waals surface area contributed by atoms with Gasteiger partial charge >= 0.3 is 0 Å². The summed E-state index contributed by atoms with van der Waals surface area (Å²) in [5.74, 6) is 1.06. The molecular weight excluding hydrogens is 158 g/mol. The zero-order valence-electron chi connectivity index (χ0n) is 7.09. The monoisotopic (exact) mass is 173 g/mol. The maximum absolute atomic E-state index is 5.70. The Morgan fingerprint density at radius 3 is 3.09 bits per heavy atom. The first-order chi connectivity index (χ1) is 5.16. The van der Waals surface area contributed by atoms with Crippen molar-refractivity contribution in [1.82, 2.24) is 5.32 Å². The van der Waals surface area contributed by atoms with Crippen molar-refractivity contribution in [3.05, 3.63) is 12.8 Å². The summed E-state index contributed by atoms with van der Waals surface area (Å²) in [4.78, 5) is 0. The lowest BCUT2D eigenvalue weighted by atomic mass is 10.1. The molecule has 1 saturated heterocycles. The van der Waals surface area contributed by atoms with Gasteiger partial charge in [-0.2, -0.15) is 0 Å². The molecule has 0 spiro atoms. The number of ether oxygens (including phenoxy) is 1. The third kappa shape index (κ3) is 2.42. The van der Waals surface area contributed by atoms with Crippen LogP contribution in [-0.4, -0.2) is 23.3 Å². The van der Waals surface area contributed by atoms with Gasteiger partial charge in [0.1, 0.15) is 5.44 Å². The normalized spacial score (nSPS) is 37.1. The molecule has 1 aliphatic heterocycles. The van der Waals surface area contributed by atoms with Crippen LogP contribution in [0.3, 0.4) is 0 Å². The molecule has 0 radical (unpaired) electrons. The van der Waals surface area contributed by atoms with Gasteiger partial charge in [0, 0.05) is 12.3 Å². The molecule has 1 heterocycles. The van der Waals surface area contributed by atoms with Gasteiger partial charge in [-0.3, -0.25) is 0 Å². The van der Waals surface area contributed by atoms with Gasteiger partial charge in [-0.05, 0) is 20.0 Å². The molecule has 64 valence electrons. The summed E-state index contributed by atoms with van der Waals surface area (Å²) in [5.41, 5.74) is 0.338. The van der Waals surface area contributed by atoms with Crippen LogP contribution in [0.1, 0.15) is 13.8 Å². The van der Waals surface area contributed by atoms with E-state index in [9.17, 15) is 0 Å². The van der Waals surface area contributed by atoms with Crippen LogP contribution in [0, 0.1) is 0 Å². The molecule has 3 heteroatoms. The van der Waals surface area contributed by atoms with Crippen LogP contribution < -0.4 is 5.32 Å². The molecule has 2 nitrogen and oxygen atoms in total. The first kappa shape index (κ1) is 8.94. The molecule has 0 aromatic carbocycles. The Morgan fingerprint density at radius 1 is 1.91 bits per heavy atom. The Morgan fingerprint density at radius 2 is 2.64 bits per heavy atom. The average molecular weight is 173 g/mol. The van der Waals surface area contributed by atoms with E-state index in [4.69, 9.17) is 4.74 Å². The van der Waals surface area contributed by atoms with Crippen LogP contribution in [0.5, 0.6) is 0 Å². The second-order valence-electron chi connectivity index (χ2n) is 3.03. The van der Waals surface area contributed by atoms with Gasteiger partial charge < -0.3 is 10.1 Å². The average Bonchev–Trinajstić information content (AvgIpc) is 2.28. The van der Waals surface area contributed by atoms with Crippen LogP contribution >= 0.6 is 11.8 Å². The fourth-order valence-electron chi connectivity index (χ4n) is 1.14. The first-order valence-electron chi connectivity index (χ1n) is 3.80. The van der Waals surface area contributed by atoms with Gasteiger partial charge in [-0.1, -0.05) is 6.58 Å². The summed E-state index contributed by atoms with van der Waals surface area (Å²) < 4.78 is 5.70. The molecule has 2 atom stereocenters. The molecule has 0 unspecified atom stereocenters. The Labute approximate surface area is 72.4 Å². The van der Waals surface area contributed by atoms with E-state index in [1.807, 2.05) is 11.8 Å². The second kappa shape index (κ2) is 3.50. The molecule has 11 heavy (non-hydrogen) atoms. The predicted molar refractivity (Wildman–Crippen MR) is 49.6 cm³/mol. The van der Waals surface area contributed by atoms with Crippen molar-refractivity contribution in [2.75, 3.05) is 12.3 Å². The minimum atomic E-state index is -0.00171. The lowest BCUT2D eigenvalue weighted by Gasteiger charge is -2.22. The Bertz CT molecular complexity index is 151. The van der Waals surface area contributed by atoms with E-state index in [0.717, 1.165) is 12.3 Å². The van der Waals surface area contributed by atoms with E-state index in [1.54, 1.807) is 6.20 Å². The fourth-order valence-corrected chi connectivity index (χ4v) is 2.20. The lowest BCUT2D eigenvalue weighted by molar-refractivity contribution is -0.00316. The van der Waals surface area contributed by atoms with Crippen LogP contribution in [0.2, 0.25) is 0 Å². The summed E-state index contributed by atoms with van der Waals surface area (Å²) in [6, 6.07) is 0. The van der Waals surface area contributed by atoms with E-state index < -0.39 is 0 Å². The predicted octanol–water partition coefficient (Wildman–Crippen LogP) is 1.59. The van der Waals surface area contributed by atoms with Crippen LogP contribution in [-0.2, 0) is 4.74 Å². The van der Waals surface area contributed by atoms with E-state index in [1.165, 1.54) is 0 Å². The zero-order chi connectivity index (χ0) is 8.32. The van der Waals surface area contributed by atoms with E-state index in [2.05, 4.69) is 25.7 Å². The van der Waals surface area contributed by atoms with Crippen LogP contribution in [0.4, 0.5) is 0 Å². The number of hydrogen-bond donors (Lipinski definition) is 1. The standard InChI is InChI=1S/C8H15NOS/c1-4-9-5-8(3)6-11-7(2)10-8/h4,7,9H,1,5-6H2,2-3H3/t7-,8-/m1/s1. The Hall–Kier alpha value is -0.150. The van der Waals surface area contributed by atoms with Gasteiger partial charge in [0.15, 0.2) is 0 Å². The molecule has 0 bridgehead atoms. The SMILES string of the molecule is C=CNC[C@]1(C)CS[C@H](C)O1. The molecule has 0 aromatic heterocycles. The zero-order valence-corrected chi connectivity index (χ0v) is 7.91. The summed E-state index contributed by atoms with van der Waals surface area (Å²) >= 11 is 1.86. The maximum atomic E-state index is 5.70. The van der Waals surface area contributed by atoms with Crippen molar-refractivity contribution in [3.8, 4) is 0 Å². The summed E-state index contributed by atoms with van der Waals surface area (Å²) in [7, 11) is 0. The quantitative estimate of drug-likeness (QED) is 0.700. The van der Waals surface area contributed by atoms with Gasteiger partial charge in [-0.25, -0.2) is 0 Å². The Kier molecular flexibility index (Phi) is 2.84. The van der Waals surface area contributed by atoms with Gasteiger partial charge in [0.2, 0.25) is 0 Å². The number of thioether (sulfide) groups is 1. The van der Waals surface area contributed by atoms with Crippen molar-refractivity contribution in [3.63, 3.8) is 0 Å². The molecule has 1 N–H and O–H groups in total. The fraction of sp³-hybridized carbons (Fsp3) is 0.750. The van der Waals surface area contributed by atoms with Crippen LogP contribution in [0.15, 0.2) is 12.8 Å². The minimum Gasteiger partial charge on any atom is -0.388 e. The van der Waals surface area contributed by atoms with Gasteiger partial charge in [0.05, 0.1) is 5.60 Å². The molecule has 0 aromatic rings. The summed E-state index contributed by atoms with van der Waals surface area (Å²) in [6.07, 6.45) is 1.71. The topological polar surface area (TPSA) is 21.3 Å². The second-order valence-corrected chi connectivity index (χ2v) is 4.32. The summed E-state index contributed by atoms with van der Waals surface area (Å²) in [5, 5.41) is 3.08.